The summed E-state index contributed by atoms with van der Waals surface area (Å²) in [5, 5.41) is 28.0. The van der Waals surface area contributed by atoms with Crippen LogP contribution in [-0.2, 0) is 6.42 Å². The van der Waals surface area contributed by atoms with Gasteiger partial charge in [0.25, 0.3) is 0 Å². The summed E-state index contributed by atoms with van der Waals surface area (Å²) in [6.07, 6.45) is 0.736. The van der Waals surface area contributed by atoms with Crippen LogP contribution in [0.2, 0.25) is 0 Å². The number of ether oxygens (including phenoxy) is 1. The van der Waals surface area contributed by atoms with Crippen LogP contribution in [0.4, 0.5) is 0 Å². The molecule has 5 heteroatoms. The van der Waals surface area contributed by atoms with Crippen molar-refractivity contribution >= 4 is 0 Å². The van der Waals surface area contributed by atoms with Crippen molar-refractivity contribution in [1.29, 1.82) is 0 Å². The van der Waals surface area contributed by atoms with Gasteiger partial charge in [-0.3, -0.25) is 4.90 Å². The Bertz CT molecular complexity index is 600. The van der Waals surface area contributed by atoms with Gasteiger partial charge in [-0.25, -0.2) is 0 Å². The fourth-order valence-corrected chi connectivity index (χ4v) is 3.00. The molecule has 1 atom stereocenters. The first-order valence-electron chi connectivity index (χ1n) is 8.62. The third-order valence-electron chi connectivity index (χ3n) is 4.11. The Morgan fingerprint density at radius 1 is 0.800 bits per heavy atom. The van der Waals surface area contributed by atoms with Gasteiger partial charge in [0.2, 0.25) is 0 Å². The lowest BCUT2D eigenvalue weighted by Gasteiger charge is -2.32. The standard InChI is InChI=1S/C20H27NO4/c22-12-10-21(11-13-23)19(16-17-6-2-1-3-7-17)18-8-4-5-9-20(18)25-15-14-24/h1-9,19,22-24H,10-16H2/t19-/m1/s1. The van der Waals surface area contributed by atoms with Crippen molar-refractivity contribution in [2.45, 2.75) is 12.5 Å². The zero-order valence-electron chi connectivity index (χ0n) is 14.4. The van der Waals surface area contributed by atoms with Gasteiger partial charge < -0.3 is 20.1 Å². The second-order valence-electron chi connectivity index (χ2n) is 5.80. The molecule has 136 valence electrons. The minimum absolute atomic E-state index is 0.0188. The summed E-state index contributed by atoms with van der Waals surface area (Å²) in [6, 6.07) is 17.8. The molecule has 2 aromatic rings. The Morgan fingerprint density at radius 2 is 1.44 bits per heavy atom. The Labute approximate surface area is 149 Å². The predicted molar refractivity (Wildman–Crippen MR) is 97.7 cm³/mol. The number of hydrogen-bond acceptors (Lipinski definition) is 5. The topological polar surface area (TPSA) is 73.2 Å². The average molecular weight is 345 g/mol. The molecule has 0 amide bonds. The van der Waals surface area contributed by atoms with Crippen molar-refractivity contribution in [1.82, 2.24) is 4.90 Å². The summed E-state index contributed by atoms with van der Waals surface area (Å²) >= 11 is 0. The summed E-state index contributed by atoms with van der Waals surface area (Å²) in [4.78, 5) is 2.06. The van der Waals surface area contributed by atoms with Gasteiger partial charge in [0, 0.05) is 24.7 Å². The molecule has 25 heavy (non-hydrogen) atoms. The Morgan fingerprint density at radius 3 is 2.08 bits per heavy atom. The first-order valence-corrected chi connectivity index (χ1v) is 8.62. The molecule has 0 unspecified atom stereocenters. The molecule has 0 saturated carbocycles. The van der Waals surface area contributed by atoms with E-state index in [2.05, 4.69) is 17.0 Å². The van der Waals surface area contributed by atoms with Crippen LogP contribution < -0.4 is 4.74 Å². The third kappa shape index (κ3) is 5.83. The Balaban J connectivity index is 2.36. The second kappa shape index (κ2) is 10.8. The largest absolute Gasteiger partial charge is 0.491 e. The smallest absolute Gasteiger partial charge is 0.124 e. The normalized spacial score (nSPS) is 12.3. The minimum atomic E-state index is -0.0469. The zero-order chi connectivity index (χ0) is 17.9. The Kier molecular flexibility index (Phi) is 8.42. The molecule has 0 fully saturated rings. The van der Waals surface area contributed by atoms with Crippen LogP contribution in [0.25, 0.3) is 0 Å². The van der Waals surface area contributed by atoms with E-state index in [0.29, 0.717) is 13.1 Å². The number of benzene rings is 2. The number of rotatable bonds is 11. The molecule has 0 aliphatic heterocycles. The lowest BCUT2D eigenvalue weighted by atomic mass is 9.96. The van der Waals surface area contributed by atoms with E-state index in [0.717, 1.165) is 17.7 Å². The maximum Gasteiger partial charge on any atom is 0.124 e. The molecular weight excluding hydrogens is 318 g/mol. The fraction of sp³-hybridized carbons (Fsp3) is 0.400. The van der Waals surface area contributed by atoms with Gasteiger partial charge >= 0.3 is 0 Å². The van der Waals surface area contributed by atoms with Gasteiger partial charge in [-0.1, -0.05) is 48.5 Å². The molecule has 2 aromatic carbocycles. The van der Waals surface area contributed by atoms with Crippen LogP contribution in [0.1, 0.15) is 17.2 Å². The summed E-state index contributed by atoms with van der Waals surface area (Å²) < 4.78 is 5.71. The SMILES string of the molecule is OCCOc1ccccc1[C@@H](Cc1ccccc1)N(CCO)CCO. The molecule has 0 saturated heterocycles. The van der Waals surface area contributed by atoms with Gasteiger partial charge in [-0.05, 0) is 18.1 Å². The molecule has 0 aliphatic carbocycles. The highest BCUT2D eigenvalue weighted by molar-refractivity contribution is 5.37. The van der Waals surface area contributed by atoms with E-state index in [9.17, 15) is 10.2 Å². The average Bonchev–Trinajstić information content (AvgIpc) is 2.65. The van der Waals surface area contributed by atoms with Gasteiger partial charge in [-0.15, -0.1) is 0 Å². The van der Waals surface area contributed by atoms with Crippen molar-refractivity contribution in [3.63, 3.8) is 0 Å². The van der Waals surface area contributed by atoms with Gasteiger partial charge in [0.15, 0.2) is 0 Å². The molecule has 5 nitrogen and oxygen atoms in total. The van der Waals surface area contributed by atoms with Gasteiger partial charge in [-0.2, -0.15) is 0 Å². The number of aliphatic hydroxyl groups excluding tert-OH is 3. The molecule has 2 rings (SSSR count). The monoisotopic (exact) mass is 345 g/mol. The second-order valence-corrected chi connectivity index (χ2v) is 5.80. The molecule has 0 heterocycles. The summed E-state index contributed by atoms with van der Waals surface area (Å²) in [7, 11) is 0. The quantitative estimate of drug-likeness (QED) is 0.577. The number of para-hydroxylation sites is 1. The van der Waals surface area contributed by atoms with Crippen LogP contribution in [0.5, 0.6) is 5.75 Å². The van der Waals surface area contributed by atoms with Crippen LogP contribution in [-0.4, -0.2) is 59.7 Å². The molecule has 3 N–H and O–H groups in total. The van der Waals surface area contributed by atoms with E-state index < -0.39 is 0 Å². The van der Waals surface area contributed by atoms with Crippen molar-refractivity contribution in [2.24, 2.45) is 0 Å². The van der Waals surface area contributed by atoms with Crippen LogP contribution in [0.3, 0.4) is 0 Å². The van der Waals surface area contributed by atoms with E-state index >= 15 is 0 Å². The van der Waals surface area contributed by atoms with E-state index in [-0.39, 0.29) is 32.5 Å². The van der Waals surface area contributed by atoms with Crippen molar-refractivity contribution < 1.29 is 20.1 Å². The van der Waals surface area contributed by atoms with Crippen molar-refractivity contribution in [3.8, 4) is 5.75 Å². The van der Waals surface area contributed by atoms with Crippen LogP contribution >= 0.6 is 0 Å². The highest BCUT2D eigenvalue weighted by atomic mass is 16.5. The van der Waals surface area contributed by atoms with Crippen LogP contribution in [0, 0.1) is 0 Å². The maximum absolute atomic E-state index is 9.45. The van der Waals surface area contributed by atoms with E-state index in [1.54, 1.807) is 0 Å². The summed E-state index contributed by atoms with van der Waals surface area (Å²) in [5.41, 5.74) is 2.16. The highest BCUT2D eigenvalue weighted by Crippen LogP contribution is 2.32. The molecule has 0 bridgehead atoms. The summed E-state index contributed by atoms with van der Waals surface area (Å²) in [6.45, 7) is 1.15. The maximum atomic E-state index is 9.45. The molecular formula is C20H27NO4. The summed E-state index contributed by atoms with van der Waals surface area (Å²) in [5.74, 6) is 0.721. The molecule has 0 radical (unpaired) electrons. The van der Waals surface area contributed by atoms with E-state index in [1.165, 1.54) is 5.56 Å². The fourth-order valence-electron chi connectivity index (χ4n) is 3.00. The van der Waals surface area contributed by atoms with E-state index in [4.69, 9.17) is 9.84 Å². The van der Waals surface area contributed by atoms with E-state index in [1.807, 2.05) is 42.5 Å². The lowest BCUT2D eigenvalue weighted by molar-refractivity contribution is 0.118. The first kappa shape index (κ1) is 19.4. The lowest BCUT2D eigenvalue weighted by Crippen LogP contribution is -2.35. The predicted octanol–water partition coefficient (Wildman–Crippen LogP) is 1.63. The Hall–Kier alpha value is -1.92. The van der Waals surface area contributed by atoms with Crippen LogP contribution in [0.15, 0.2) is 54.6 Å². The molecule has 0 spiro atoms. The van der Waals surface area contributed by atoms with Gasteiger partial charge in [0.1, 0.15) is 12.4 Å². The number of nitrogens with zero attached hydrogens (tertiary/aromatic N) is 1. The van der Waals surface area contributed by atoms with Gasteiger partial charge in [0.05, 0.1) is 19.8 Å². The van der Waals surface area contributed by atoms with Crippen molar-refractivity contribution in [2.75, 3.05) is 39.5 Å². The number of aliphatic hydroxyl groups is 3. The number of hydrogen-bond donors (Lipinski definition) is 3. The third-order valence-corrected chi connectivity index (χ3v) is 4.11. The minimum Gasteiger partial charge on any atom is -0.491 e. The zero-order valence-corrected chi connectivity index (χ0v) is 14.4. The molecule has 0 aliphatic rings. The molecule has 0 aromatic heterocycles. The first-order chi connectivity index (χ1) is 12.3. The highest BCUT2D eigenvalue weighted by Gasteiger charge is 2.23. The van der Waals surface area contributed by atoms with Crippen molar-refractivity contribution in [3.05, 3.63) is 65.7 Å².